The van der Waals surface area contributed by atoms with Gasteiger partial charge in [0, 0.05) is 10.6 Å². The number of nitrogens with one attached hydrogen (secondary N) is 1. The fourth-order valence-electron chi connectivity index (χ4n) is 2.65. The summed E-state index contributed by atoms with van der Waals surface area (Å²) in [4.78, 5) is 24.3. The monoisotopic (exact) mass is 511 g/mol. The Morgan fingerprint density at radius 1 is 0.875 bits per heavy atom. The third-order valence-corrected chi connectivity index (χ3v) is 6.75. The number of carbonyl (C=O) groups is 2. The molecule has 3 rings (SSSR count). The molecule has 0 radical (unpaired) electrons. The molecule has 0 aromatic heterocycles. The summed E-state index contributed by atoms with van der Waals surface area (Å²) in [6.07, 6.45) is 0. The van der Waals surface area contributed by atoms with Crippen LogP contribution in [0.15, 0.2) is 65.6 Å². The lowest BCUT2D eigenvalue weighted by Gasteiger charge is -2.12. The molecule has 0 aliphatic carbocycles. The Labute approximate surface area is 200 Å². The lowest BCUT2D eigenvalue weighted by molar-refractivity contribution is 0.0474. The van der Waals surface area contributed by atoms with Crippen LogP contribution in [0.4, 0.5) is 5.69 Å². The minimum atomic E-state index is -4.22. The van der Waals surface area contributed by atoms with Crippen molar-refractivity contribution < 1.29 is 22.7 Å². The van der Waals surface area contributed by atoms with Crippen molar-refractivity contribution in [2.24, 2.45) is 0 Å². The Bertz CT molecular complexity index is 1290. The Kier molecular flexibility index (Phi) is 7.46. The Hall–Kier alpha value is -2.58. The first-order valence-electron chi connectivity index (χ1n) is 9.11. The highest BCUT2D eigenvalue weighted by molar-refractivity contribution is 7.92. The van der Waals surface area contributed by atoms with Gasteiger partial charge in [-0.3, -0.25) is 9.52 Å². The van der Waals surface area contributed by atoms with Gasteiger partial charge < -0.3 is 4.74 Å². The van der Waals surface area contributed by atoms with Crippen LogP contribution >= 0.6 is 34.8 Å². The number of carbonyl (C=O) groups excluding carboxylic acids is 2. The average molecular weight is 513 g/mol. The first-order valence-corrected chi connectivity index (χ1v) is 11.7. The van der Waals surface area contributed by atoms with E-state index in [0.29, 0.717) is 5.56 Å². The molecule has 0 saturated carbocycles. The Balaban J connectivity index is 1.78. The number of Topliss-reactive ketones (excluding diaryl/α,β-unsaturated/α-hetero) is 1. The number of ketones is 1. The van der Waals surface area contributed by atoms with E-state index in [4.69, 9.17) is 39.5 Å². The van der Waals surface area contributed by atoms with E-state index in [-0.39, 0.29) is 31.2 Å². The van der Waals surface area contributed by atoms with Gasteiger partial charge in [-0.25, -0.2) is 13.2 Å². The number of hydrogen-bond donors (Lipinski definition) is 1. The van der Waals surface area contributed by atoms with E-state index in [1.165, 1.54) is 30.3 Å². The van der Waals surface area contributed by atoms with Crippen molar-refractivity contribution in [3.05, 3.63) is 92.4 Å². The minimum Gasteiger partial charge on any atom is -0.454 e. The van der Waals surface area contributed by atoms with Crippen LogP contribution in [-0.2, 0) is 14.8 Å². The van der Waals surface area contributed by atoms with E-state index >= 15 is 0 Å². The van der Waals surface area contributed by atoms with Gasteiger partial charge in [-0.05, 0) is 43.3 Å². The topological polar surface area (TPSA) is 89.5 Å². The molecule has 0 spiro atoms. The molecule has 3 aromatic carbocycles. The number of hydrogen-bond acceptors (Lipinski definition) is 5. The van der Waals surface area contributed by atoms with Gasteiger partial charge >= 0.3 is 5.97 Å². The number of halogens is 3. The summed E-state index contributed by atoms with van der Waals surface area (Å²) in [5.41, 5.74) is 1.34. The van der Waals surface area contributed by atoms with Crippen molar-refractivity contribution in [1.82, 2.24) is 0 Å². The van der Waals surface area contributed by atoms with Crippen LogP contribution in [0.25, 0.3) is 0 Å². The second-order valence-electron chi connectivity index (χ2n) is 6.74. The summed E-state index contributed by atoms with van der Waals surface area (Å²) in [6.45, 7) is 1.39. The highest BCUT2D eigenvalue weighted by atomic mass is 35.5. The Morgan fingerprint density at radius 2 is 1.50 bits per heavy atom. The van der Waals surface area contributed by atoms with E-state index in [1.807, 2.05) is 6.92 Å². The number of rotatable bonds is 7. The molecule has 0 fully saturated rings. The summed E-state index contributed by atoms with van der Waals surface area (Å²) >= 11 is 18.0. The second kappa shape index (κ2) is 9.92. The maximum absolute atomic E-state index is 12.8. The summed E-state index contributed by atoms with van der Waals surface area (Å²) in [6, 6.07) is 14.7. The standard InChI is InChI=1S/C22H16Cl3NO5S/c1-13-2-4-14(5-3-13)20(27)12-31-22(28)15-6-8-18(25)21(10-15)32(29,30)26-19-11-16(23)7-9-17(19)24/h2-11,26H,12H2,1H3. The molecule has 0 atom stereocenters. The number of benzene rings is 3. The molecule has 0 aliphatic rings. The lowest BCUT2D eigenvalue weighted by atomic mass is 10.1. The summed E-state index contributed by atoms with van der Waals surface area (Å²) in [7, 11) is -4.22. The van der Waals surface area contributed by atoms with Crippen molar-refractivity contribution >= 4 is 62.3 Å². The van der Waals surface area contributed by atoms with E-state index in [2.05, 4.69) is 4.72 Å². The number of aryl methyl sites for hydroxylation is 1. The fourth-order valence-corrected chi connectivity index (χ4v) is 4.64. The molecular weight excluding hydrogens is 497 g/mol. The molecule has 0 aliphatic heterocycles. The zero-order valence-corrected chi connectivity index (χ0v) is 19.6. The van der Waals surface area contributed by atoms with E-state index in [9.17, 15) is 18.0 Å². The number of ether oxygens (including phenoxy) is 1. The van der Waals surface area contributed by atoms with Gasteiger partial charge in [-0.15, -0.1) is 0 Å². The van der Waals surface area contributed by atoms with Crippen molar-refractivity contribution in [2.75, 3.05) is 11.3 Å². The summed E-state index contributed by atoms with van der Waals surface area (Å²) in [5.74, 6) is -1.27. The van der Waals surface area contributed by atoms with Crippen LogP contribution < -0.4 is 4.72 Å². The van der Waals surface area contributed by atoms with E-state index in [1.54, 1.807) is 24.3 Å². The zero-order chi connectivity index (χ0) is 23.5. The van der Waals surface area contributed by atoms with E-state index in [0.717, 1.165) is 11.6 Å². The highest BCUT2D eigenvalue weighted by Gasteiger charge is 2.22. The molecule has 0 amide bonds. The molecular formula is C22H16Cl3NO5S. The van der Waals surface area contributed by atoms with Gasteiger partial charge in [0.15, 0.2) is 12.4 Å². The SMILES string of the molecule is Cc1ccc(C(=O)COC(=O)c2ccc(Cl)c(S(=O)(=O)Nc3cc(Cl)ccc3Cl)c2)cc1. The van der Waals surface area contributed by atoms with Crippen LogP contribution in [-0.4, -0.2) is 26.8 Å². The van der Waals surface area contributed by atoms with Gasteiger partial charge in [0.25, 0.3) is 10.0 Å². The van der Waals surface area contributed by atoms with Crippen molar-refractivity contribution in [2.45, 2.75) is 11.8 Å². The first kappa shape index (κ1) is 24.1. The predicted octanol–water partition coefficient (Wildman–Crippen LogP) is 5.80. The maximum Gasteiger partial charge on any atom is 0.338 e. The van der Waals surface area contributed by atoms with E-state index < -0.39 is 28.4 Å². The van der Waals surface area contributed by atoms with Crippen LogP contribution in [0.1, 0.15) is 26.3 Å². The smallest absolute Gasteiger partial charge is 0.338 e. The maximum atomic E-state index is 12.8. The average Bonchev–Trinajstić information content (AvgIpc) is 2.75. The van der Waals surface area contributed by atoms with Crippen molar-refractivity contribution in [3.8, 4) is 0 Å². The lowest BCUT2D eigenvalue weighted by Crippen LogP contribution is -2.17. The van der Waals surface area contributed by atoms with Gasteiger partial charge in [0.05, 0.1) is 21.3 Å². The number of sulfonamides is 1. The molecule has 3 aromatic rings. The molecule has 0 heterocycles. The number of esters is 1. The van der Waals surface area contributed by atoms with Crippen molar-refractivity contribution in [3.63, 3.8) is 0 Å². The van der Waals surface area contributed by atoms with Gasteiger partial charge in [0.2, 0.25) is 0 Å². The van der Waals surface area contributed by atoms with Crippen molar-refractivity contribution in [1.29, 1.82) is 0 Å². The van der Waals surface area contributed by atoms with Gasteiger partial charge in [0.1, 0.15) is 4.90 Å². The first-order chi connectivity index (χ1) is 15.1. The highest BCUT2D eigenvalue weighted by Crippen LogP contribution is 2.30. The third-order valence-electron chi connectivity index (χ3n) is 4.34. The molecule has 32 heavy (non-hydrogen) atoms. The molecule has 10 heteroatoms. The van der Waals surface area contributed by atoms with Crippen LogP contribution in [0.3, 0.4) is 0 Å². The van der Waals surface area contributed by atoms with Crippen LogP contribution in [0.2, 0.25) is 15.1 Å². The molecule has 166 valence electrons. The molecule has 0 unspecified atom stereocenters. The van der Waals surface area contributed by atoms with Gasteiger partial charge in [-0.2, -0.15) is 0 Å². The molecule has 1 N–H and O–H groups in total. The summed E-state index contributed by atoms with van der Waals surface area (Å²) < 4.78 is 33.0. The minimum absolute atomic E-state index is 0.0481. The summed E-state index contributed by atoms with van der Waals surface area (Å²) in [5, 5.41) is 0.274. The third kappa shape index (κ3) is 5.81. The quantitative estimate of drug-likeness (QED) is 0.319. The molecule has 0 saturated heterocycles. The normalized spacial score (nSPS) is 11.1. The largest absolute Gasteiger partial charge is 0.454 e. The molecule has 6 nitrogen and oxygen atoms in total. The predicted molar refractivity (Wildman–Crippen MR) is 125 cm³/mol. The zero-order valence-electron chi connectivity index (χ0n) is 16.6. The van der Waals surface area contributed by atoms with Gasteiger partial charge in [-0.1, -0.05) is 64.6 Å². The number of anilines is 1. The Morgan fingerprint density at radius 3 is 2.19 bits per heavy atom. The second-order valence-corrected chi connectivity index (χ2v) is 9.64. The fraction of sp³-hybridized carbons (Fsp3) is 0.0909. The molecule has 0 bridgehead atoms. The van der Waals surface area contributed by atoms with Crippen LogP contribution in [0, 0.1) is 6.92 Å². The van der Waals surface area contributed by atoms with Crippen LogP contribution in [0.5, 0.6) is 0 Å².